The standard InChI is InChI=1S/C27H22N8O2.C22H17N7O/c1-34-20-6-4-3-5-16(20)13-21(34)27(36)32-19-8-7-17(14-22(19)37-2)24-23-25(28)30-15-31-26(23)35(33-24)18-9-11-29-12-10-18;23-18-11-8-15(12-25-18)29-22-19(21(24)26-13-27-22)20(28-29)14-6-9-17(10-7-14)30-16-4-2-1-3-5-16/h3-15H,1-2H3,(H,32,36)(H2,28,30,31);1-13H,(H2,23,25)(H2,24,26,27). The van der Waals surface area contributed by atoms with E-state index in [2.05, 4.69) is 35.2 Å². The number of anilines is 4. The highest BCUT2D eigenvalue weighted by atomic mass is 16.5. The zero-order chi connectivity index (χ0) is 46.0. The minimum absolute atomic E-state index is 0.241. The number of hydrogen-bond donors (Lipinski definition) is 4. The van der Waals surface area contributed by atoms with Crippen LogP contribution in [0.15, 0.2) is 159 Å². The average Bonchev–Trinajstić information content (AvgIpc) is 4.06. The zero-order valence-corrected chi connectivity index (χ0v) is 35.9. The first-order chi connectivity index (χ1) is 32.7. The lowest BCUT2D eigenvalue weighted by molar-refractivity contribution is 0.101. The second kappa shape index (κ2) is 17.5. The Labute approximate surface area is 381 Å². The van der Waals surface area contributed by atoms with Crippen LogP contribution in [0.2, 0.25) is 0 Å². The molecule has 67 heavy (non-hydrogen) atoms. The Morgan fingerprint density at radius 2 is 1.25 bits per heavy atom. The van der Waals surface area contributed by atoms with Crippen molar-refractivity contribution < 1.29 is 14.3 Å². The lowest BCUT2D eigenvalue weighted by atomic mass is 10.1. The summed E-state index contributed by atoms with van der Waals surface area (Å²) in [6, 6.07) is 39.6. The minimum Gasteiger partial charge on any atom is -0.495 e. The molecule has 0 saturated heterocycles. The Morgan fingerprint density at radius 3 is 1.91 bits per heavy atom. The number of carbonyl (C=O) groups is 1. The van der Waals surface area contributed by atoms with E-state index in [1.165, 1.54) is 12.7 Å². The maximum Gasteiger partial charge on any atom is 0.272 e. The molecule has 0 spiro atoms. The van der Waals surface area contributed by atoms with Crippen LogP contribution >= 0.6 is 0 Å². The van der Waals surface area contributed by atoms with Crippen LogP contribution in [0.5, 0.6) is 17.2 Å². The predicted molar refractivity (Wildman–Crippen MR) is 257 cm³/mol. The molecular formula is C49H39N15O3. The van der Waals surface area contributed by atoms with Crippen LogP contribution < -0.4 is 32.0 Å². The van der Waals surface area contributed by atoms with Gasteiger partial charge in [-0.1, -0.05) is 42.5 Å². The third-order valence-corrected chi connectivity index (χ3v) is 10.9. The number of nitrogens with zero attached hydrogens (tertiary/aromatic N) is 11. The molecule has 7 N–H and O–H groups in total. The Hall–Kier alpha value is -9.71. The van der Waals surface area contributed by atoms with Gasteiger partial charge in [-0.2, -0.15) is 10.2 Å². The van der Waals surface area contributed by atoms with Gasteiger partial charge < -0.3 is 36.6 Å². The maximum absolute atomic E-state index is 13.2. The van der Waals surface area contributed by atoms with E-state index in [1.807, 2.05) is 127 Å². The molecule has 7 aromatic heterocycles. The van der Waals surface area contributed by atoms with Crippen molar-refractivity contribution in [2.24, 2.45) is 7.05 Å². The van der Waals surface area contributed by atoms with Gasteiger partial charge in [-0.15, -0.1) is 0 Å². The van der Waals surface area contributed by atoms with E-state index in [1.54, 1.807) is 47.2 Å². The first-order valence-corrected chi connectivity index (χ1v) is 20.7. The molecule has 0 bridgehead atoms. The molecule has 0 aliphatic rings. The van der Waals surface area contributed by atoms with Gasteiger partial charge in [0.2, 0.25) is 0 Å². The number of amides is 1. The van der Waals surface area contributed by atoms with Gasteiger partial charge in [0.05, 0.1) is 41.1 Å². The van der Waals surface area contributed by atoms with Crippen LogP contribution in [0.3, 0.4) is 0 Å². The van der Waals surface area contributed by atoms with E-state index >= 15 is 0 Å². The summed E-state index contributed by atoms with van der Waals surface area (Å²) in [5.41, 5.74) is 25.7. The van der Waals surface area contributed by atoms with Crippen molar-refractivity contribution in [3.05, 3.63) is 164 Å². The van der Waals surface area contributed by atoms with Crippen LogP contribution in [0.4, 0.5) is 23.1 Å². The first kappa shape index (κ1) is 41.3. The van der Waals surface area contributed by atoms with Crippen molar-refractivity contribution >= 4 is 62.0 Å². The molecule has 4 aromatic carbocycles. The highest BCUT2D eigenvalue weighted by Crippen LogP contribution is 2.37. The van der Waals surface area contributed by atoms with Crippen LogP contribution in [0.25, 0.3) is 66.9 Å². The minimum atomic E-state index is -0.241. The largest absolute Gasteiger partial charge is 0.495 e. The number of pyridine rings is 2. The van der Waals surface area contributed by atoms with Gasteiger partial charge in [-0.3, -0.25) is 9.78 Å². The van der Waals surface area contributed by atoms with Gasteiger partial charge in [0.1, 0.15) is 64.4 Å². The fourth-order valence-electron chi connectivity index (χ4n) is 7.66. The van der Waals surface area contributed by atoms with Crippen molar-refractivity contribution in [1.82, 2.24) is 54.0 Å². The first-order valence-electron chi connectivity index (χ1n) is 20.7. The van der Waals surface area contributed by atoms with Gasteiger partial charge in [-0.05, 0) is 84.9 Å². The molecule has 0 unspecified atom stereocenters. The summed E-state index contributed by atoms with van der Waals surface area (Å²) < 4.78 is 16.8. The lowest BCUT2D eigenvalue weighted by Crippen LogP contribution is -2.16. The summed E-state index contributed by atoms with van der Waals surface area (Å²) in [4.78, 5) is 38.5. The van der Waals surface area contributed by atoms with E-state index in [9.17, 15) is 4.79 Å². The van der Waals surface area contributed by atoms with Crippen LogP contribution in [-0.4, -0.2) is 67.0 Å². The predicted octanol–water partition coefficient (Wildman–Crippen LogP) is 8.05. The zero-order valence-electron chi connectivity index (χ0n) is 35.9. The van der Waals surface area contributed by atoms with Gasteiger partial charge in [-0.25, -0.2) is 34.3 Å². The van der Waals surface area contributed by atoms with E-state index in [0.29, 0.717) is 68.0 Å². The highest BCUT2D eigenvalue weighted by molar-refractivity contribution is 6.07. The van der Waals surface area contributed by atoms with Crippen LogP contribution in [0.1, 0.15) is 10.5 Å². The van der Waals surface area contributed by atoms with E-state index in [0.717, 1.165) is 44.9 Å². The Kier molecular flexibility index (Phi) is 10.8. The number of hydrogen-bond acceptors (Lipinski definition) is 14. The van der Waals surface area contributed by atoms with Crippen LogP contribution in [0, 0.1) is 0 Å². The monoisotopic (exact) mass is 885 g/mol. The van der Waals surface area contributed by atoms with Crippen molar-refractivity contribution in [3.63, 3.8) is 0 Å². The van der Waals surface area contributed by atoms with Gasteiger partial charge >= 0.3 is 0 Å². The lowest BCUT2D eigenvalue weighted by Gasteiger charge is -2.12. The van der Waals surface area contributed by atoms with E-state index < -0.39 is 0 Å². The number of ether oxygens (including phenoxy) is 2. The van der Waals surface area contributed by atoms with Crippen molar-refractivity contribution in [3.8, 4) is 51.1 Å². The molecule has 0 fully saturated rings. The Morgan fingerprint density at radius 1 is 0.627 bits per heavy atom. The normalized spacial score (nSPS) is 11.1. The number of benzene rings is 4. The number of nitrogens with two attached hydrogens (primary N) is 3. The summed E-state index contributed by atoms with van der Waals surface area (Å²) in [5, 5.41) is 14.8. The second-order valence-electron chi connectivity index (χ2n) is 15.0. The molecule has 11 rings (SSSR count). The maximum atomic E-state index is 13.2. The number of carbonyl (C=O) groups excluding carboxylic acids is 1. The Balaban J connectivity index is 0.000000160. The number of aryl methyl sites for hydroxylation is 1. The average molecular weight is 886 g/mol. The highest BCUT2D eigenvalue weighted by Gasteiger charge is 2.22. The number of methoxy groups -OCH3 is 1. The van der Waals surface area contributed by atoms with Gasteiger partial charge in [0, 0.05) is 41.5 Å². The van der Waals surface area contributed by atoms with Crippen molar-refractivity contribution in [2.45, 2.75) is 0 Å². The fraction of sp³-hybridized carbons (Fsp3) is 0.0408. The number of fused-ring (bicyclic) bond motifs is 3. The molecule has 0 atom stereocenters. The number of para-hydroxylation sites is 2. The number of rotatable bonds is 9. The molecule has 0 aliphatic carbocycles. The summed E-state index contributed by atoms with van der Waals surface area (Å²) in [6.07, 6.45) is 7.83. The number of aromatic nitrogens is 11. The molecule has 0 saturated carbocycles. The molecule has 18 heteroatoms. The van der Waals surface area contributed by atoms with Gasteiger partial charge in [0.25, 0.3) is 5.91 Å². The van der Waals surface area contributed by atoms with Gasteiger partial charge in [0.15, 0.2) is 11.3 Å². The summed E-state index contributed by atoms with van der Waals surface area (Å²) in [6.45, 7) is 0. The van der Waals surface area contributed by atoms with Crippen molar-refractivity contribution in [2.75, 3.05) is 29.6 Å². The topological polar surface area (TPSA) is 244 Å². The Bertz CT molecular complexity index is 3570. The third-order valence-electron chi connectivity index (χ3n) is 10.9. The molecule has 0 aliphatic heterocycles. The van der Waals surface area contributed by atoms with Crippen LogP contribution in [-0.2, 0) is 7.05 Å². The quantitative estimate of drug-likeness (QED) is 0.107. The second-order valence-corrected chi connectivity index (χ2v) is 15.0. The summed E-state index contributed by atoms with van der Waals surface area (Å²) >= 11 is 0. The molecule has 328 valence electrons. The van der Waals surface area contributed by atoms with Crippen molar-refractivity contribution in [1.29, 1.82) is 0 Å². The smallest absolute Gasteiger partial charge is 0.272 e. The van der Waals surface area contributed by atoms with E-state index in [-0.39, 0.29) is 5.91 Å². The molecule has 18 nitrogen and oxygen atoms in total. The number of nitrogen functional groups attached to an aromatic ring is 3. The van der Waals surface area contributed by atoms with E-state index in [4.69, 9.17) is 36.9 Å². The fourth-order valence-corrected chi connectivity index (χ4v) is 7.66. The third kappa shape index (κ3) is 7.97. The molecule has 1 amide bonds. The molecular weight excluding hydrogens is 847 g/mol. The molecule has 7 heterocycles. The summed E-state index contributed by atoms with van der Waals surface area (Å²) in [5.74, 6) is 2.83. The molecule has 11 aromatic rings. The SMILES string of the molecule is COc1cc(-c2nn(-c3ccncc3)c3ncnc(N)c23)ccc1NC(=O)c1cc2ccccc2n1C.Nc1ccc(-n2nc(-c3ccc(Oc4ccccc4)cc3)c3c(N)ncnc32)cn1. The number of nitrogens with one attached hydrogen (secondary N) is 1. The summed E-state index contributed by atoms with van der Waals surface area (Å²) in [7, 11) is 3.42. The molecule has 0 radical (unpaired) electrons.